The summed E-state index contributed by atoms with van der Waals surface area (Å²) in [6.45, 7) is 4.50. The minimum Gasteiger partial charge on any atom is -0.344 e. The lowest BCUT2D eigenvalue weighted by Gasteiger charge is -2.38. The normalized spacial score (nSPS) is 18.1. The highest BCUT2D eigenvalue weighted by Crippen LogP contribution is 2.30. The second kappa shape index (κ2) is 6.21. The van der Waals surface area contributed by atoms with Gasteiger partial charge in [0.05, 0.1) is 17.7 Å². The molecular formula is C15H16ClN5O. The van der Waals surface area contributed by atoms with Crippen molar-refractivity contribution in [3.63, 3.8) is 0 Å². The van der Waals surface area contributed by atoms with Crippen LogP contribution in [0.5, 0.6) is 0 Å². The Kier molecular flexibility index (Phi) is 4.54. The number of nitriles is 2. The van der Waals surface area contributed by atoms with Crippen molar-refractivity contribution in [1.29, 1.82) is 10.5 Å². The van der Waals surface area contributed by atoms with Crippen LogP contribution < -0.4 is 4.90 Å². The molecule has 1 atom stereocenters. The molecule has 0 aromatic carbocycles. The molecule has 0 radical (unpaired) electrons. The number of nitrogens with zero attached hydrogens (tertiary/aromatic N) is 5. The fraction of sp³-hybridized carbons (Fsp3) is 0.467. The van der Waals surface area contributed by atoms with E-state index in [1.165, 1.54) is 0 Å². The average molecular weight is 318 g/mol. The highest BCUT2D eigenvalue weighted by molar-refractivity contribution is 6.30. The molecule has 0 N–H and O–H groups in total. The predicted molar refractivity (Wildman–Crippen MR) is 82.5 cm³/mol. The van der Waals surface area contributed by atoms with Crippen LogP contribution in [0.25, 0.3) is 0 Å². The van der Waals surface area contributed by atoms with Crippen LogP contribution in [0.4, 0.5) is 5.82 Å². The number of halogens is 1. The third kappa shape index (κ3) is 2.58. The highest BCUT2D eigenvalue weighted by Gasteiger charge is 2.30. The van der Waals surface area contributed by atoms with Gasteiger partial charge < -0.3 is 9.80 Å². The Bertz CT molecular complexity index is 703. The zero-order valence-electron chi connectivity index (χ0n) is 12.7. The second-order valence-corrected chi connectivity index (χ2v) is 5.62. The number of pyridine rings is 1. The van der Waals surface area contributed by atoms with Gasteiger partial charge in [-0.2, -0.15) is 10.5 Å². The van der Waals surface area contributed by atoms with E-state index in [0.717, 1.165) is 0 Å². The summed E-state index contributed by atoms with van der Waals surface area (Å²) in [5.74, 6) is 0.347. The summed E-state index contributed by atoms with van der Waals surface area (Å²) in [4.78, 5) is 19.7. The lowest BCUT2D eigenvalue weighted by Crippen LogP contribution is -2.54. The molecule has 1 aliphatic rings. The number of hydrogen-bond acceptors (Lipinski definition) is 5. The standard InChI is InChI=1S/C15H16ClN5O/c1-4-10-11(5-17)14(16)19-15(12(10)6-18)21-7-9(2)20(3)13(22)8-21/h9H,4,7-8H2,1-3H3. The first-order valence-corrected chi connectivity index (χ1v) is 7.35. The zero-order valence-corrected chi connectivity index (χ0v) is 13.5. The molecule has 22 heavy (non-hydrogen) atoms. The van der Waals surface area contributed by atoms with Crippen molar-refractivity contribution in [2.45, 2.75) is 26.3 Å². The molecule has 114 valence electrons. The Balaban J connectivity index is 2.57. The molecule has 1 amide bonds. The summed E-state index contributed by atoms with van der Waals surface area (Å²) < 4.78 is 0. The molecule has 1 saturated heterocycles. The summed E-state index contributed by atoms with van der Waals surface area (Å²) >= 11 is 6.10. The maximum absolute atomic E-state index is 12.0. The van der Waals surface area contributed by atoms with Crippen molar-refractivity contribution in [1.82, 2.24) is 9.88 Å². The molecule has 2 rings (SSSR count). The van der Waals surface area contributed by atoms with E-state index in [1.54, 1.807) is 16.8 Å². The van der Waals surface area contributed by atoms with Gasteiger partial charge in [-0.1, -0.05) is 18.5 Å². The molecule has 0 bridgehead atoms. The Hall–Kier alpha value is -2.31. The third-order valence-corrected chi connectivity index (χ3v) is 4.25. The van der Waals surface area contributed by atoms with Crippen LogP contribution in [0.15, 0.2) is 0 Å². The van der Waals surface area contributed by atoms with Crippen LogP contribution in [0.3, 0.4) is 0 Å². The van der Waals surface area contributed by atoms with Crippen molar-refractivity contribution in [2.75, 3.05) is 25.0 Å². The molecule has 1 aliphatic heterocycles. The predicted octanol–water partition coefficient (Wildman–Crippen LogP) is 1.71. The number of rotatable bonds is 2. The molecule has 7 heteroatoms. The lowest BCUT2D eigenvalue weighted by molar-refractivity contribution is -0.131. The number of piperazine rings is 1. The van der Waals surface area contributed by atoms with E-state index < -0.39 is 0 Å². The SMILES string of the molecule is CCc1c(C#N)c(Cl)nc(N2CC(=O)N(C)C(C)C2)c1C#N. The van der Waals surface area contributed by atoms with Gasteiger partial charge in [-0.15, -0.1) is 0 Å². The van der Waals surface area contributed by atoms with Crippen LogP contribution in [-0.2, 0) is 11.2 Å². The number of aromatic nitrogens is 1. The van der Waals surface area contributed by atoms with Gasteiger partial charge in [0.1, 0.15) is 23.1 Å². The van der Waals surface area contributed by atoms with Gasteiger partial charge >= 0.3 is 0 Å². The first kappa shape index (κ1) is 16.1. The van der Waals surface area contributed by atoms with Crippen molar-refractivity contribution >= 4 is 23.3 Å². The summed E-state index contributed by atoms with van der Waals surface area (Å²) in [6, 6.07) is 4.13. The van der Waals surface area contributed by atoms with Crippen LogP contribution in [0.2, 0.25) is 5.15 Å². The van der Waals surface area contributed by atoms with E-state index in [-0.39, 0.29) is 29.2 Å². The van der Waals surface area contributed by atoms with Gasteiger partial charge in [0.25, 0.3) is 0 Å². The Morgan fingerprint density at radius 1 is 1.36 bits per heavy atom. The Labute approximate surface area is 134 Å². The zero-order chi connectivity index (χ0) is 16.4. The minimum atomic E-state index is -0.0389. The number of carbonyl (C=O) groups is 1. The van der Waals surface area contributed by atoms with Crippen LogP contribution >= 0.6 is 11.6 Å². The smallest absolute Gasteiger partial charge is 0.242 e. The largest absolute Gasteiger partial charge is 0.344 e. The molecular weight excluding hydrogens is 302 g/mol. The number of carbonyl (C=O) groups excluding carboxylic acids is 1. The van der Waals surface area contributed by atoms with Crippen LogP contribution in [0, 0.1) is 22.7 Å². The molecule has 0 spiro atoms. The minimum absolute atomic E-state index is 0.00842. The Morgan fingerprint density at radius 3 is 2.50 bits per heavy atom. The van der Waals surface area contributed by atoms with E-state index in [2.05, 4.69) is 11.1 Å². The quantitative estimate of drug-likeness (QED) is 0.775. The van der Waals surface area contributed by atoms with Gasteiger partial charge in [-0.25, -0.2) is 4.98 Å². The number of likely N-dealkylation sites (N-methyl/N-ethyl adjacent to an activating group) is 1. The second-order valence-electron chi connectivity index (χ2n) is 5.27. The van der Waals surface area contributed by atoms with Crippen molar-refractivity contribution < 1.29 is 4.79 Å². The van der Waals surface area contributed by atoms with Gasteiger partial charge in [-0.05, 0) is 18.9 Å². The van der Waals surface area contributed by atoms with Crippen molar-refractivity contribution in [2.24, 2.45) is 0 Å². The van der Waals surface area contributed by atoms with E-state index >= 15 is 0 Å². The summed E-state index contributed by atoms with van der Waals surface area (Å²) in [5, 5.41) is 18.8. The molecule has 1 aromatic rings. The first-order valence-electron chi connectivity index (χ1n) is 6.97. The monoisotopic (exact) mass is 317 g/mol. The topological polar surface area (TPSA) is 84.0 Å². The molecule has 0 saturated carbocycles. The summed E-state index contributed by atoms with van der Waals surface area (Å²) in [5.41, 5.74) is 1.14. The van der Waals surface area contributed by atoms with E-state index in [1.807, 2.05) is 19.9 Å². The lowest BCUT2D eigenvalue weighted by atomic mass is 10.0. The maximum atomic E-state index is 12.0. The number of hydrogen-bond donors (Lipinski definition) is 0. The van der Waals surface area contributed by atoms with Gasteiger partial charge in [-0.3, -0.25) is 4.79 Å². The number of amides is 1. The first-order chi connectivity index (χ1) is 10.4. The Morgan fingerprint density at radius 2 is 2.00 bits per heavy atom. The third-order valence-electron chi connectivity index (χ3n) is 3.98. The van der Waals surface area contributed by atoms with E-state index in [9.17, 15) is 15.3 Å². The average Bonchev–Trinajstić information content (AvgIpc) is 2.50. The molecule has 2 heterocycles. The summed E-state index contributed by atoms with van der Waals surface area (Å²) in [7, 11) is 1.76. The summed E-state index contributed by atoms with van der Waals surface area (Å²) in [6.07, 6.45) is 0.498. The van der Waals surface area contributed by atoms with Crippen molar-refractivity contribution in [3.05, 3.63) is 21.8 Å². The highest BCUT2D eigenvalue weighted by atomic mass is 35.5. The number of anilines is 1. The molecule has 1 aromatic heterocycles. The van der Waals surface area contributed by atoms with Crippen LogP contribution in [0.1, 0.15) is 30.5 Å². The van der Waals surface area contributed by atoms with E-state index in [0.29, 0.717) is 29.9 Å². The molecule has 1 unspecified atom stereocenters. The molecule has 6 nitrogen and oxygen atoms in total. The fourth-order valence-corrected chi connectivity index (χ4v) is 2.83. The molecule has 1 fully saturated rings. The van der Waals surface area contributed by atoms with Gasteiger partial charge in [0.2, 0.25) is 5.91 Å². The maximum Gasteiger partial charge on any atom is 0.242 e. The fourth-order valence-electron chi connectivity index (χ4n) is 2.59. The van der Waals surface area contributed by atoms with E-state index in [4.69, 9.17) is 11.6 Å². The van der Waals surface area contributed by atoms with Gasteiger partial charge in [0, 0.05) is 19.6 Å². The van der Waals surface area contributed by atoms with Crippen molar-refractivity contribution in [3.8, 4) is 12.1 Å². The molecule has 0 aliphatic carbocycles. The van der Waals surface area contributed by atoms with Gasteiger partial charge in [0.15, 0.2) is 0 Å². The van der Waals surface area contributed by atoms with Crippen LogP contribution in [-0.4, -0.2) is 42.0 Å².